The van der Waals surface area contributed by atoms with E-state index in [0.29, 0.717) is 6.42 Å². The molecule has 0 saturated heterocycles. The summed E-state index contributed by atoms with van der Waals surface area (Å²) in [5, 5.41) is 8.41. The molecule has 0 radical (unpaired) electrons. The van der Waals surface area contributed by atoms with Crippen LogP contribution >= 0.6 is 0 Å². The molecule has 0 rings (SSSR count). The molecular formula is C15H30O3. The van der Waals surface area contributed by atoms with Gasteiger partial charge in [0.1, 0.15) is 5.78 Å². The second kappa shape index (κ2) is 16.1. The van der Waals surface area contributed by atoms with Crippen LogP contribution in [0.15, 0.2) is 0 Å². The number of hydrogen-bond acceptors (Lipinski definition) is 2. The number of ketones is 1. The molecule has 0 aliphatic rings. The van der Waals surface area contributed by atoms with E-state index in [1.807, 2.05) is 0 Å². The lowest BCUT2D eigenvalue weighted by atomic mass is 10.1. The molecule has 0 aromatic heterocycles. The van der Waals surface area contributed by atoms with Crippen LogP contribution in [0.1, 0.15) is 85.0 Å². The Hall–Kier alpha value is -0.860. The summed E-state index contributed by atoms with van der Waals surface area (Å²) >= 11 is 0. The highest BCUT2D eigenvalue weighted by Gasteiger charge is 1.96. The van der Waals surface area contributed by atoms with E-state index in [9.17, 15) is 9.59 Å². The monoisotopic (exact) mass is 258 g/mol. The molecule has 1 N–H and O–H groups in total. The molecule has 0 aliphatic carbocycles. The van der Waals surface area contributed by atoms with E-state index in [4.69, 9.17) is 5.11 Å². The molecule has 0 aliphatic heterocycles. The lowest BCUT2D eigenvalue weighted by molar-refractivity contribution is -0.137. The summed E-state index contributed by atoms with van der Waals surface area (Å²) in [7, 11) is 0. The third-order valence-electron chi connectivity index (χ3n) is 2.49. The second-order valence-electron chi connectivity index (χ2n) is 4.88. The van der Waals surface area contributed by atoms with Crippen LogP contribution in [0.3, 0.4) is 0 Å². The molecule has 0 unspecified atom stereocenters. The topological polar surface area (TPSA) is 54.4 Å². The van der Waals surface area contributed by atoms with Crippen molar-refractivity contribution in [2.75, 3.05) is 0 Å². The van der Waals surface area contributed by atoms with Crippen molar-refractivity contribution in [3.63, 3.8) is 0 Å². The van der Waals surface area contributed by atoms with Crippen LogP contribution in [-0.4, -0.2) is 16.9 Å². The van der Waals surface area contributed by atoms with Gasteiger partial charge in [0.25, 0.3) is 0 Å². The van der Waals surface area contributed by atoms with E-state index in [-0.39, 0.29) is 5.78 Å². The molecule has 0 heterocycles. The first-order chi connectivity index (χ1) is 8.50. The van der Waals surface area contributed by atoms with Crippen LogP contribution < -0.4 is 0 Å². The average molecular weight is 258 g/mol. The predicted octanol–water partition coefficient (Wildman–Crippen LogP) is 4.59. The maximum absolute atomic E-state index is 10.2. The minimum absolute atomic E-state index is 0.167. The summed E-state index contributed by atoms with van der Waals surface area (Å²) in [6.45, 7) is 5.28. The van der Waals surface area contributed by atoms with Crippen molar-refractivity contribution in [3.05, 3.63) is 0 Å². The predicted molar refractivity (Wildman–Crippen MR) is 75.8 cm³/mol. The summed E-state index contributed by atoms with van der Waals surface area (Å²) in [6.07, 6.45) is 11.5. The highest BCUT2D eigenvalue weighted by atomic mass is 16.4. The number of hydrogen-bond donors (Lipinski definition) is 1. The van der Waals surface area contributed by atoms with Crippen molar-refractivity contribution in [1.29, 1.82) is 0 Å². The zero-order chi connectivity index (χ0) is 14.2. The molecular weight excluding hydrogens is 228 g/mol. The molecule has 0 atom stereocenters. The van der Waals surface area contributed by atoms with Crippen LogP contribution in [-0.2, 0) is 9.59 Å². The van der Waals surface area contributed by atoms with Crippen molar-refractivity contribution in [2.45, 2.75) is 85.0 Å². The first-order valence-electron chi connectivity index (χ1n) is 7.19. The fourth-order valence-corrected chi connectivity index (χ4v) is 1.59. The number of carbonyl (C=O) groups excluding carboxylic acids is 1. The van der Waals surface area contributed by atoms with E-state index in [1.54, 1.807) is 0 Å². The summed E-state index contributed by atoms with van der Waals surface area (Å²) in [4.78, 5) is 19.7. The molecule has 0 aromatic carbocycles. The quantitative estimate of drug-likeness (QED) is 0.583. The Balaban J connectivity index is 0. The van der Waals surface area contributed by atoms with Crippen LogP contribution in [0.2, 0.25) is 0 Å². The fourth-order valence-electron chi connectivity index (χ4n) is 1.59. The van der Waals surface area contributed by atoms with Crippen molar-refractivity contribution in [2.24, 2.45) is 0 Å². The smallest absolute Gasteiger partial charge is 0.303 e. The zero-order valence-corrected chi connectivity index (χ0v) is 12.3. The lowest BCUT2D eigenvalue weighted by Gasteiger charge is -2.00. The van der Waals surface area contributed by atoms with Gasteiger partial charge >= 0.3 is 5.97 Å². The SMILES string of the molecule is CC(C)=O.CCCCCCCCCCCC(=O)O. The molecule has 0 bridgehead atoms. The van der Waals surface area contributed by atoms with Crippen molar-refractivity contribution >= 4 is 11.8 Å². The van der Waals surface area contributed by atoms with Crippen LogP contribution in [0.25, 0.3) is 0 Å². The first-order valence-corrected chi connectivity index (χ1v) is 7.19. The van der Waals surface area contributed by atoms with E-state index < -0.39 is 5.97 Å². The zero-order valence-electron chi connectivity index (χ0n) is 12.3. The minimum atomic E-state index is -0.659. The molecule has 108 valence electrons. The third-order valence-corrected chi connectivity index (χ3v) is 2.49. The van der Waals surface area contributed by atoms with E-state index >= 15 is 0 Å². The molecule has 3 heteroatoms. The molecule has 3 nitrogen and oxygen atoms in total. The molecule has 0 aromatic rings. The van der Waals surface area contributed by atoms with Crippen LogP contribution in [0, 0.1) is 0 Å². The second-order valence-corrected chi connectivity index (χ2v) is 4.88. The fraction of sp³-hybridized carbons (Fsp3) is 0.867. The molecule has 18 heavy (non-hydrogen) atoms. The Labute approximate surface area is 112 Å². The molecule has 0 saturated carbocycles. The van der Waals surface area contributed by atoms with E-state index in [1.165, 1.54) is 58.8 Å². The number of aliphatic carboxylic acids is 1. The maximum atomic E-state index is 10.2. The van der Waals surface area contributed by atoms with Gasteiger partial charge in [0.2, 0.25) is 0 Å². The van der Waals surface area contributed by atoms with Crippen molar-refractivity contribution in [1.82, 2.24) is 0 Å². The van der Waals surface area contributed by atoms with Gasteiger partial charge < -0.3 is 9.90 Å². The van der Waals surface area contributed by atoms with Crippen LogP contribution in [0.5, 0.6) is 0 Å². The number of unbranched alkanes of at least 4 members (excludes halogenated alkanes) is 8. The average Bonchev–Trinajstić information content (AvgIpc) is 2.26. The standard InChI is InChI=1S/C12H24O2.C3H6O/c1-2-3-4-5-6-7-8-9-10-11-12(13)14;1-3(2)4/h2-11H2,1H3,(H,13,14);1-2H3. The number of carbonyl (C=O) groups is 2. The van der Waals surface area contributed by atoms with Gasteiger partial charge in [0.05, 0.1) is 0 Å². The van der Waals surface area contributed by atoms with Gasteiger partial charge in [-0.1, -0.05) is 58.3 Å². The van der Waals surface area contributed by atoms with Gasteiger partial charge in [-0.2, -0.15) is 0 Å². The Morgan fingerprint density at radius 2 is 1.11 bits per heavy atom. The van der Waals surface area contributed by atoms with E-state index in [0.717, 1.165) is 12.8 Å². The normalized spacial score (nSPS) is 9.50. The summed E-state index contributed by atoms with van der Waals surface area (Å²) in [5.41, 5.74) is 0. The Bertz CT molecular complexity index is 196. The first kappa shape index (κ1) is 19.5. The highest BCUT2D eigenvalue weighted by molar-refractivity contribution is 5.72. The van der Waals surface area contributed by atoms with Gasteiger partial charge in [-0.25, -0.2) is 0 Å². The molecule has 0 spiro atoms. The largest absolute Gasteiger partial charge is 0.481 e. The van der Waals surface area contributed by atoms with Crippen molar-refractivity contribution < 1.29 is 14.7 Å². The number of carboxylic acids is 1. The molecule has 0 fully saturated rings. The van der Waals surface area contributed by atoms with Crippen LogP contribution in [0.4, 0.5) is 0 Å². The van der Waals surface area contributed by atoms with Gasteiger partial charge in [-0.3, -0.25) is 4.79 Å². The summed E-state index contributed by atoms with van der Waals surface area (Å²) in [6, 6.07) is 0. The van der Waals surface area contributed by atoms with E-state index in [2.05, 4.69) is 6.92 Å². The summed E-state index contributed by atoms with van der Waals surface area (Å²) < 4.78 is 0. The molecule has 0 amide bonds. The minimum Gasteiger partial charge on any atom is -0.481 e. The van der Waals surface area contributed by atoms with Gasteiger partial charge in [0.15, 0.2) is 0 Å². The Morgan fingerprint density at radius 1 is 0.778 bits per heavy atom. The van der Waals surface area contributed by atoms with Gasteiger partial charge in [-0.05, 0) is 20.3 Å². The number of rotatable bonds is 10. The lowest BCUT2D eigenvalue weighted by Crippen LogP contribution is -1.93. The number of carboxylic acid groups (broad SMARTS) is 1. The van der Waals surface area contributed by atoms with Gasteiger partial charge in [0, 0.05) is 6.42 Å². The Kier molecular flexibility index (Phi) is 17.5. The summed E-state index contributed by atoms with van der Waals surface area (Å²) in [5.74, 6) is -0.493. The maximum Gasteiger partial charge on any atom is 0.303 e. The number of Topliss-reactive ketones (excluding diaryl/α,β-unsaturated/α-hetero) is 1. The van der Waals surface area contributed by atoms with Gasteiger partial charge in [-0.15, -0.1) is 0 Å². The Morgan fingerprint density at radius 3 is 1.44 bits per heavy atom. The highest BCUT2D eigenvalue weighted by Crippen LogP contribution is 2.10. The van der Waals surface area contributed by atoms with Crippen molar-refractivity contribution in [3.8, 4) is 0 Å². The third kappa shape index (κ3) is 29.4.